The number of carbonyl (C=O) groups is 2. The minimum atomic E-state index is -0.915. The molecular weight excluding hydrogens is 296 g/mol. The zero-order valence-corrected chi connectivity index (χ0v) is 15.6. The fourth-order valence-electron chi connectivity index (χ4n) is 2.16. The van der Waals surface area contributed by atoms with Crippen molar-refractivity contribution in [2.45, 2.75) is 54.4 Å². The van der Waals surface area contributed by atoms with Gasteiger partial charge in [-0.05, 0) is 25.2 Å². The van der Waals surface area contributed by atoms with Crippen LogP contribution in [0, 0.1) is 5.41 Å². The maximum Gasteiger partial charge on any atom is 0.333 e. The average molecular weight is 328 g/mol. The van der Waals surface area contributed by atoms with Crippen LogP contribution >= 0.6 is 0 Å². The largest absolute Gasteiger partial charge is 0.478 e. The first-order chi connectivity index (χ1) is 10.3. The fraction of sp³-hybridized carbons (Fsp3) is 0.647. The van der Waals surface area contributed by atoms with E-state index in [1.165, 1.54) is 0 Å². The van der Waals surface area contributed by atoms with Crippen molar-refractivity contribution < 1.29 is 19.8 Å². The van der Waals surface area contributed by atoms with E-state index in [4.69, 9.17) is 15.9 Å². The molecule has 4 N–H and O–H groups in total. The number of hydrogen-bond acceptors (Lipinski definition) is 4. The quantitative estimate of drug-likeness (QED) is 0.670. The van der Waals surface area contributed by atoms with Crippen LogP contribution in [0.1, 0.15) is 54.4 Å². The molecule has 0 unspecified atom stereocenters. The van der Waals surface area contributed by atoms with Gasteiger partial charge in [0.25, 0.3) is 0 Å². The maximum absolute atomic E-state index is 10.8. The molecule has 0 amide bonds. The summed E-state index contributed by atoms with van der Waals surface area (Å²) in [6.07, 6.45) is 1.34. The van der Waals surface area contributed by atoms with Gasteiger partial charge in [0.15, 0.2) is 0 Å². The number of nitrogens with zero attached hydrogens (tertiary/aromatic N) is 1. The Morgan fingerprint density at radius 1 is 1.00 bits per heavy atom. The summed E-state index contributed by atoms with van der Waals surface area (Å²) in [4.78, 5) is 23.2. The van der Waals surface area contributed by atoms with E-state index in [1.54, 1.807) is 6.92 Å². The van der Waals surface area contributed by atoms with Gasteiger partial charge in [0.05, 0.1) is 11.1 Å². The predicted molar refractivity (Wildman–Crippen MR) is 92.9 cm³/mol. The van der Waals surface area contributed by atoms with E-state index in [9.17, 15) is 9.59 Å². The van der Waals surface area contributed by atoms with Crippen molar-refractivity contribution in [2.75, 3.05) is 14.1 Å². The monoisotopic (exact) mass is 328 g/mol. The first-order valence-corrected chi connectivity index (χ1v) is 7.63. The summed E-state index contributed by atoms with van der Waals surface area (Å²) in [5.74, 6) is -1.75. The molecule has 6 heteroatoms. The fourth-order valence-corrected chi connectivity index (χ4v) is 2.16. The molecule has 0 aromatic rings. The van der Waals surface area contributed by atoms with Crippen LogP contribution in [0.4, 0.5) is 0 Å². The number of hydrogen-bond donors (Lipinski definition) is 3. The van der Waals surface area contributed by atoms with Crippen molar-refractivity contribution in [2.24, 2.45) is 11.1 Å². The molecule has 134 valence electrons. The van der Waals surface area contributed by atoms with Gasteiger partial charge in [0, 0.05) is 25.5 Å². The minimum Gasteiger partial charge on any atom is -0.478 e. The highest BCUT2D eigenvalue weighted by Crippen LogP contribution is 2.27. The van der Waals surface area contributed by atoms with Crippen LogP contribution in [0.15, 0.2) is 22.5 Å². The topological polar surface area (TPSA) is 104 Å². The first-order valence-electron chi connectivity index (χ1n) is 7.63. The van der Waals surface area contributed by atoms with Crippen molar-refractivity contribution in [1.29, 1.82) is 0 Å². The smallest absolute Gasteiger partial charge is 0.333 e. The number of carboxylic acids is 2. The summed E-state index contributed by atoms with van der Waals surface area (Å²) in [7, 11) is 3.70. The molecule has 0 heterocycles. The van der Waals surface area contributed by atoms with E-state index in [1.807, 2.05) is 53.6 Å². The van der Waals surface area contributed by atoms with E-state index in [0.717, 1.165) is 12.1 Å². The molecule has 6 nitrogen and oxygen atoms in total. The van der Waals surface area contributed by atoms with E-state index >= 15 is 0 Å². The van der Waals surface area contributed by atoms with Gasteiger partial charge in [-0.25, -0.2) is 9.59 Å². The summed E-state index contributed by atoms with van der Waals surface area (Å²) < 4.78 is 0. The van der Waals surface area contributed by atoms with Crippen LogP contribution < -0.4 is 5.73 Å². The summed E-state index contributed by atoms with van der Waals surface area (Å²) in [5, 5.41) is 17.5. The summed E-state index contributed by atoms with van der Waals surface area (Å²) in [6, 6.07) is 0. The van der Waals surface area contributed by atoms with Crippen molar-refractivity contribution >= 4 is 11.9 Å². The van der Waals surface area contributed by atoms with E-state index in [2.05, 4.69) is 0 Å². The van der Waals surface area contributed by atoms with Crippen LogP contribution in [0.3, 0.4) is 0 Å². The minimum absolute atomic E-state index is 0.324. The Labute approximate surface area is 139 Å². The molecule has 0 saturated carbocycles. The zero-order valence-electron chi connectivity index (χ0n) is 15.6. The van der Waals surface area contributed by atoms with Gasteiger partial charge in [-0.2, -0.15) is 0 Å². The molecule has 0 aliphatic carbocycles. The lowest BCUT2D eigenvalue weighted by Gasteiger charge is -2.21. The van der Waals surface area contributed by atoms with Crippen molar-refractivity contribution in [3.63, 3.8) is 0 Å². The van der Waals surface area contributed by atoms with Crippen LogP contribution in [0.5, 0.6) is 0 Å². The van der Waals surface area contributed by atoms with E-state index < -0.39 is 11.9 Å². The Hall–Kier alpha value is -1.98. The Morgan fingerprint density at radius 2 is 1.43 bits per heavy atom. The molecule has 0 spiro atoms. The van der Waals surface area contributed by atoms with Gasteiger partial charge in [-0.3, -0.25) is 0 Å². The van der Waals surface area contributed by atoms with Gasteiger partial charge in [0.2, 0.25) is 0 Å². The van der Waals surface area contributed by atoms with Gasteiger partial charge in [-0.15, -0.1) is 0 Å². The summed E-state index contributed by atoms with van der Waals surface area (Å²) >= 11 is 0. The molecule has 0 bridgehead atoms. The Kier molecular flexibility index (Phi) is 10.0. The number of carboxylic acid groups (broad SMARTS) is 2. The van der Waals surface area contributed by atoms with Crippen LogP contribution in [-0.4, -0.2) is 41.1 Å². The highest BCUT2D eigenvalue weighted by molar-refractivity contribution is 5.88. The Balaban J connectivity index is 0. The Bertz CT molecular complexity index is 483. The molecule has 0 rings (SSSR count). The highest BCUT2D eigenvalue weighted by atomic mass is 16.4. The molecule has 23 heavy (non-hydrogen) atoms. The molecule has 0 atom stereocenters. The molecular formula is C17H32N2O4. The maximum atomic E-state index is 10.8. The standard InChI is InChI=1S/C9H17NO2.C8H15NO2/c1-5-6(10)7(8(11)12)9(2,3)4;1-5-7(9(3)4)6(2)8(10)11/h5,10H2,1-4H3,(H,11,12);5H2,1-4H3,(H,10,11)/b2*7-6+. The molecule has 0 aliphatic heterocycles. The highest BCUT2D eigenvalue weighted by Gasteiger charge is 2.25. The molecule has 0 aliphatic rings. The molecule has 0 aromatic carbocycles. The third-order valence-corrected chi connectivity index (χ3v) is 3.29. The zero-order chi connectivity index (χ0) is 19.0. The number of nitrogens with two attached hydrogens (primary N) is 1. The van der Waals surface area contributed by atoms with E-state index in [0.29, 0.717) is 23.3 Å². The third-order valence-electron chi connectivity index (χ3n) is 3.29. The molecule has 0 radical (unpaired) electrons. The normalized spacial score (nSPS) is 13.2. The lowest BCUT2D eigenvalue weighted by molar-refractivity contribution is -0.134. The molecule has 0 aromatic heterocycles. The van der Waals surface area contributed by atoms with Gasteiger partial charge in [-0.1, -0.05) is 34.6 Å². The second-order valence-corrected chi connectivity index (χ2v) is 6.43. The molecule has 0 fully saturated rings. The molecule has 0 saturated heterocycles. The van der Waals surface area contributed by atoms with E-state index in [-0.39, 0.29) is 5.41 Å². The lowest BCUT2D eigenvalue weighted by atomic mass is 9.84. The van der Waals surface area contributed by atoms with Gasteiger partial charge < -0.3 is 20.8 Å². The first kappa shape index (κ1) is 23.3. The van der Waals surface area contributed by atoms with Crippen molar-refractivity contribution in [3.05, 3.63) is 22.5 Å². The van der Waals surface area contributed by atoms with Crippen molar-refractivity contribution in [3.8, 4) is 0 Å². The third kappa shape index (κ3) is 8.28. The second kappa shape index (κ2) is 9.92. The predicted octanol–water partition coefficient (Wildman–Crippen LogP) is 3.06. The number of rotatable bonds is 5. The average Bonchev–Trinajstić information content (AvgIpc) is 2.37. The Morgan fingerprint density at radius 3 is 1.52 bits per heavy atom. The second-order valence-electron chi connectivity index (χ2n) is 6.43. The number of allylic oxidation sites excluding steroid dienone is 2. The summed E-state index contributed by atoms with van der Waals surface area (Å²) in [5.41, 5.74) is 7.31. The summed E-state index contributed by atoms with van der Waals surface area (Å²) in [6.45, 7) is 11.0. The van der Waals surface area contributed by atoms with Gasteiger partial charge in [0.1, 0.15) is 0 Å². The van der Waals surface area contributed by atoms with Crippen LogP contribution in [-0.2, 0) is 9.59 Å². The van der Waals surface area contributed by atoms with Gasteiger partial charge >= 0.3 is 11.9 Å². The van der Waals surface area contributed by atoms with Crippen LogP contribution in [0.2, 0.25) is 0 Å². The SMILES string of the molecule is CC/C(=C(/C)C(=O)O)N(C)C.CC/C(N)=C(/C(=O)O)C(C)(C)C. The van der Waals surface area contributed by atoms with Crippen molar-refractivity contribution in [1.82, 2.24) is 4.90 Å². The number of aliphatic carboxylic acids is 2. The lowest BCUT2D eigenvalue weighted by Crippen LogP contribution is -2.22. The van der Waals surface area contributed by atoms with Crippen LogP contribution in [0.25, 0.3) is 0 Å².